The Balaban J connectivity index is 1.46. The number of rotatable bonds is 8. The molecule has 3 N–H and O–H groups in total. The largest absolute Gasteiger partial charge is 0.494 e. The molecule has 0 saturated carbocycles. The van der Waals surface area contributed by atoms with Crippen molar-refractivity contribution in [2.75, 3.05) is 24.2 Å². The third-order valence-electron chi connectivity index (χ3n) is 3.73. The second kappa shape index (κ2) is 9.37. The van der Waals surface area contributed by atoms with Gasteiger partial charge in [-0.25, -0.2) is 13.8 Å². The number of carbonyl (C=O) groups excluding carboxylic acids is 2. The van der Waals surface area contributed by atoms with Crippen molar-refractivity contribution in [3.8, 4) is 5.75 Å². The van der Waals surface area contributed by atoms with Gasteiger partial charge in [0.15, 0.2) is 16.8 Å². The fourth-order valence-electron chi connectivity index (χ4n) is 2.43. The number of nitrogens with one attached hydrogen (secondary N) is 3. The van der Waals surface area contributed by atoms with Crippen LogP contribution >= 0.6 is 11.8 Å². The number of thioether (sulfide) groups is 1. The van der Waals surface area contributed by atoms with E-state index in [4.69, 9.17) is 4.74 Å². The van der Waals surface area contributed by atoms with E-state index in [9.17, 15) is 18.4 Å². The third kappa shape index (κ3) is 5.67. The first-order chi connectivity index (χ1) is 13.9. The number of carbonyl (C=O) groups is 2. The fourth-order valence-corrected chi connectivity index (χ4v) is 3.15. The lowest BCUT2D eigenvalue weighted by molar-refractivity contribution is -0.122. The Morgan fingerprint density at radius 3 is 2.72 bits per heavy atom. The van der Waals surface area contributed by atoms with Crippen LogP contribution in [0.4, 0.5) is 14.5 Å². The van der Waals surface area contributed by atoms with E-state index in [0.717, 1.165) is 28.9 Å². The van der Waals surface area contributed by atoms with E-state index in [2.05, 4.69) is 20.6 Å². The van der Waals surface area contributed by atoms with Crippen LogP contribution in [0.25, 0.3) is 11.0 Å². The second-order valence-electron chi connectivity index (χ2n) is 5.90. The Labute approximate surface area is 169 Å². The molecule has 0 radical (unpaired) electrons. The van der Waals surface area contributed by atoms with Crippen molar-refractivity contribution in [2.24, 2.45) is 0 Å². The zero-order chi connectivity index (χ0) is 20.8. The number of fused-ring (bicyclic) bond motifs is 1. The summed E-state index contributed by atoms with van der Waals surface area (Å²) in [4.78, 5) is 31.2. The Morgan fingerprint density at radius 1 is 1.14 bits per heavy atom. The number of nitrogens with zero attached hydrogens (tertiary/aromatic N) is 1. The van der Waals surface area contributed by atoms with E-state index >= 15 is 0 Å². The fraction of sp³-hybridized carbons (Fsp3) is 0.211. The first-order valence-electron chi connectivity index (χ1n) is 8.71. The highest BCUT2D eigenvalue weighted by Crippen LogP contribution is 2.23. The van der Waals surface area contributed by atoms with Crippen molar-refractivity contribution < 1.29 is 23.1 Å². The maximum Gasteiger partial charge on any atom is 0.243 e. The molecule has 0 aliphatic rings. The van der Waals surface area contributed by atoms with Gasteiger partial charge in [-0.05, 0) is 31.2 Å². The van der Waals surface area contributed by atoms with Crippen molar-refractivity contribution >= 4 is 40.3 Å². The average Bonchev–Trinajstić information content (AvgIpc) is 3.10. The van der Waals surface area contributed by atoms with Crippen LogP contribution in [0.15, 0.2) is 41.6 Å². The normalized spacial score (nSPS) is 10.7. The standard InChI is InChI=1S/C19H18F2N4O3S/c1-2-28-12-4-6-15-16(8-12)25-19(24-15)29-10-18(27)22-9-17(26)23-11-3-5-13(20)14(21)7-11/h3-8H,2,9-10H2,1H3,(H,22,27)(H,23,26)(H,24,25). The molecule has 0 bridgehead atoms. The highest BCUT2D eigenvalue weighted by Gasteiger charge is 2.10. The first kappa shape index (κ1) is 20.6. The van der Waals surface area contributed by atoms with E-state index in [1.54, 1.807) is 0 Å². The number of amides is 2. The van der Waals surface area contributed by atoms with Gasteiger partial charge in [0.2, 0.25) is 11.8 Å². The predicted molar refractivity (Wildman–Crippen MR) is 106 cm³/mol. The van der Waals surface area contributed by atoms with Gasteiger partial charge in [-0.1, -0.05) is 11.8 Å². The zero-order valence-electron chi connectivity index (χ0n) is 15.4. The number of ether oxygens (including phenoxy) is 1. The number of imidazole rings is 1. The molecule has 3 aromatic rings. The Kier molecular flexibility index (Phi) is 6.65. The zero-order valence-corrected chi connectivity index (χ0v) is 16.2. The third-order valence-corrected chi connectivity index (χ3v) is 4.61. The van der Waals surface area contributed by atoms with E-state index in [0.29, 0.717) is 11.8 Å². The highest BCUT2D eigenvalue weighted by atomic mass is 32.2. The van der Waals surface area contributed by atoms with Gasteiger partial charge >= 0.3 is 0 Å². The molecule has 1 heterocycles. The summed E-state index contributed by atoms with van der Waals surface area (Å²) in [5, 5.41) is 5.40. The van der Waals surface area contributed by atoms with Crippen molar-refractivity contribution in [1.82, 2.24) is 15.3 Å². The number of aromatic amines is 1. The van der Waals surface area contributed by atoms with Gasteiger partial charge in [0.05, 0.1) is 29.9 Å². The molecule has 0 spiro atoms. The van der Waals surface area contributed by atoms with Gasteiger partial charge in [-0.3, -0.25) is 9.59 Å². The van der Waals surface area contributed by atoms with Crippen molar-refractivity contribution in [2.45, 2.75) is 12.1 Å². The first-order valence-corrected chi connectivity index (χ1v) is 9.70. The minimum atomic E-state index is -1.07. The lowest BCUT2D eigenvalue weighted by Crippen LogP contribution is -2.33. The molecule has 10 heteroatoms. The monoisotopic (exact) mass is 420 g/mol. The summed E-state index contributed by atoms with van der Waals surface area (Å²) in [5.74, 6) is -2.22. The molecule has 2 amide bonds. The van der Waals surface area contributed by atoms with Crippen LogP contribution in [-0.2, 0) is 9.59 Å². The number of halogens is 2. The summed E-state index contributed by atoms with van der Waals surface area (Å²) in [6, 6.07) is 8.47. The number of benzene rings is 2. The maximum atomic E-state index is 13.1. The molecule has 2 aromatic carbocycles. The molecular weight excluding hydrogens is 402 g/mol. The van der Waals surface area contributed by atoms with Crippen LogP contribution < -0.4 is 15.4 Å². The Hall–Kier alpha value is -3.14. The summed E-state index contributed by atoms with van der Waals surface area (Å²) in [6.45, 7) is 2.16. The summed E-state index contributed by atoms with van der Waals surface area (Å²) < 4.78 is 31.4. The number of hydrogen-bond donors (Lipinski definition) is 3. The minimum Gasteiger partial charge on any atom is -0.494 e. The van der Waals surface area contributed by atoms with Crippen molar-refractivity contribution in [3.05, 3.63) is 48.0 Å². The van der Waals surface area contributed by atoms with Crippen LogP contribution in [-0.4, -0.2) is 40.7 Å². The van der Waals surface area contributed by atoms with Gasteiger partial charge in [0, 0.05) is 17.8 Å². The molecule has 1 aromatic heterocycles. The predicted octanol–water partition coefficient (Wildman–Crippen LogP) is 3.09. The van der Waals surface area contributed by atoms with E-state index in [1.165, 1.54) is 17.8 Å². The topological polar surface area (TPSA) is 96.1 Å². The number of H-pyrrole nitrogens is 1. The molecule has 0 aliphatic carbocycles. The maximum absolute atomic E-state index is 13.1. The van der Waals surface area contributed by atoms with E-state index in [1.807, 2.05) is 25.1 Å². The number of aromatic nitrogens is 2. The summed E-state index contributed by atoms with van der Waals surface area (Å²) in [5.41, 5.74) is 1.65. The second-order valence-corrected chi connectivity index (χ2v) is 6.86. The summed E-state index contributed by atoms with van der Waals surface area (Å²) in [7, 11) is 0. The van der Waals surface area contributed by atoms with Crippen LogP contribution in [0.1, 0.15) is 6.92 Å². The molecule has 0 saturated heterocycles. The van der Waals surface area contributed by atoms with Crippen LogP contribution in [0.2, 0.25) is 0 Å². The number of hydrogen-bond acceptors (Lipinski definition) is 5. The van der Waals surface area contributed by atoms with Gasteiger partial charge in [0.1, 0.15) is 5.75 Å². The van der Waals surface area contributed by atoms with Gasteiger partial charge in [0.25, 0.3) is 0 Å². The summed E-state index contributed by atoms with van der Waals surface area (Å²) in [6.07, 6.45) is 0. The molecule has 0 fully saturated rings. The molecule has 0 atom stereocenters. The van der Waals surface area contributed by atoms with Crippen molar-refractivity contribution in [3.63, 3.8) is 0 Å². The minimum absolute atomic E-state index is 0.0522. The molecule has 152 valence electrons. The van der Waals surface area contributed by atoms with Crippen LogP contribution in [0.5, 0.6) is 5.75 Å². The lowest BCUT2D eigenvalue weighted by Gasteiger charge is -2.07. The van der Waals surface area contributed by atoms with E-state index in [-0.39, 0.29) is 23.9 Å². The van der Waals surface area contributed by atoms with Gasteiger partial charge < -0.3 is 20.4 Å². The van der Waals surface area contributed by atoms with Crippen LogP contribution in [0.3, 0.4) is 0 Å². The lowest BCUT2D eigenvalue weighted by atomic mass is 10.3. The molecular formula is C19H18F2N4O3S. The smallest absolute Gasteiger partial charge is 0.243 e. The Bertz CT molecular complexity index is 1040. The SMILES string of the molecule is CCOc1ccc2nc(SCC(=O)NCC(=O)Nc3ccc(F)c(F)c3)[nH]c2c1. The van der Waals surface area contributed by atoms with Crippen LogP contribution in [0, 0.1) is 11.6 Å². The van der Waals surface area contributed by atoms with Gasteiger partial charge in [-0.15, -0.1) is 0 Å². The molecule has 29 heavy (non-hydrogen) atoms. The molecule has 0 unspecified atom stereocenters. The molecule has 7 nitrogen and oxygen atoms in total. The van der Waals surface area contributed by atoms with E-state index < -0.39 is 17.5 Å². The number of anilines is 1. The highest BCUT2D eigenvalue weighted by molar-refractivity contribution is 7.99. The molecule has 3 rings (SSSR count). The average molecular weight is 420 g/mol. The molecule has 0 aliphatic heterocycles. The quantitative estimate of drug-likeness (QED) is 0.487. The Morgan fingerprint density at radius 2 is 1.97 bits per heavy atom. The van der Waals surface area contributed by atoms with Crippen molar-refractivity contribution in [1.29, 1.82) is 0 Å². The van der Waals surface area contributed by atoms with Gasteiger partial charge in [-0.2, -0.15) is 0 Å². The summed E-state index contributed by atoms with van der Waals surface area (Å²) >= 11 is 1.19.